The summed E-state index contributed by atoms with van der Waals surface area (Å²) in [6, 6.07) is 0.383. The first-order valence-electron chi connectivity index (χ1n) is 5.05. The van der Waals surface area contributed by atoms with Gasteiger partial charge in [0.1, 0.15) is 6.17 Å². The molecule has 0 aromatic heterocycles. The molecule has 1 saturated heterocycles. The van der Waals surface area contributed by atoms with Gasteiger partial charge in [-0.25, -0.2) is 4.39 Å². The number of rotatable bonds is 4. The highest BCUT2D eigenvalue weighted by atomic mass is 19.1. The molecule has 1 aliphatic heterocycles. The fourth-order valence-corrected chi connectivity index (χ4v) is 1.79. The Hall–Kier alpha value is -0.150. The molecule has 78 valence electrons. The van der Waals surface area contributed by atoms with Crippen LogP contribution in [-0.2, 0) is 4.74 Å². The highest BCUT2D eigenvalue weighted by molar-refractivity contribution is 4.82. The number of halogens is 1. The van der Waals surface area contributed by atoms with E-state index in [-0.39, 0.29) is 6.10 Å². The van der Waals surface area contributed by atoms with E-state index in [1.54, 1.807) is 0 Å². The van der Waals surface area contributed by atoms with Crippen molar-refractivity contribution in [1.82, 2.24) is 4.90 Å². The summed E-state index contributed by atoms with van der Waals surface area (Å²) in [6.07, 6.45) is 1.29. The highest BCUT2D eigenvalue weighted by Crippen LogP contribution is 2.20. The van der Waals surface area contributed by atoms with Gasteiger partial charge in [-0.1, -0.05) is 0 Å². The van der Waals surface area contributed by atoms with E-state index in [1.165, 1.54) is 0 Å². The second-order valence-electron chi connectivity index (χ2n) is 4.13. The van der Waals surface area contributed by atoms with Crippen LogP contribution in [0.25, 0.3) is 0 Å². The third-order valence-electron chi connectivity index (χ3n) is 2.54. The SMILES string of the molecule is CC(C)OCC[C@@H]1CC(F)CN1C. The fourth-order valence-electron chi connectivity index (χ4n) is 1.79. The second-order valence-corrected chi connectivity index (χ2v) is 4.13. The van der Waals surface area contributed by atoms with Crippen LogP contribution in [0, 0.1) is 0 Å². The molecule has 1 heterocycles. The zero-order valence-electron chi connectivity index (χ0n) is 8.79. The monoisotopic (exact) mass is 189 g/mol. The van der Waals surface area contributed by atoms with Crippen molar-refractivity contribution in [3.05, 3.63) is 0 Å². The quantitative estimate of drug-likeness (QED) is 0.669. The molecule has 0 N–H and O–H groups in total. The molecule has 2 nitrogen and oxygen atoms in total. The Morgan fingerprint density at radius 1 is 1.54 bits per heavy atom. The Labute approximate surface area is 80.1 Å². The van der Waals surface area contributed by atoms with E-state index in [2.05, 4.69) is 4.90 Å². The average molecular weight is 189 g/mol. The fraction of sp³-hybridized carbons (Fsp3) is 1.00. The van der Waals surface area contributed by atoms with E-state index in [0.29, 0.717) is 19.0 Å². The highest BCUT2D eigenvalue weighted by Gasteiger charge is 2.28. The van der Waals surface area contributed by atoms with Crippen molar-refractivity contribution in [2.75, 3.05) is 20.2 Å². The number of hydrogen-bond acceptors (Lipinski definition) is 2. The van der Waals surface area contributed by atoms with E-state index in [4.69, 9.17) is 4.74 Å². The summed E-state index contributed by atoms with van der Waals surface area (Å²) < 4.78 is 18.4. The Morgan fingerprint density at radius 2 is 2.23 bits per heavy atom. The summed E-state index contributed by atoms with van der Waals surface area (Å²) >= 11 is 0. The molecule has 1 fully saturated rings. The Kier molecular flexibility index (Phi) is 4.13. The Balaban J connectivity index is 2.14. The van der Waals surface area contributed by atoms with Gasteiger partial charge in [0.2, 0.25) is 0 Å². The molecule has 0 radical (unpaired) electrons. The summed E-state index contributed by atoms with van der Waals surface area (Å²) in [5.41, 5.74) is 0. The molecule has 1 aliphatic rings. The molecule has 0 aromatic carbocycles. The van der Waals surface area contributed by atoms with Gasteiger partial charge in [-0.3, -0.25) is 0 Å². The number of ether oxygens (including phenoxy) is 1. The number of likely N-dealkylation sites (tertiary alicyclic amines) is 1. The molecule has 0 aliphatic carbocycles. The van der Waals surface area contributed by atoms with Gasteiger partial charge in [-0.15, -0.1) is 0 Å². The third-order valence-corrected chi connectivity index (χ3v) is 2.54. The lowest BCUT2D eigenvalue weighted by Gasteiger charge is -2.19. The van der Waals surface area contributed by atoms with Crippen LogP contribution in [-0.4, -0.2) is 43.4 Å². The van der Waals surface area contributed by atoms with Gasteiger partial charge < -0.3 is 9.64 Å². The van der Waals surface area contributed by atoms with Gasteiger partial charge in [0.25, 0.3) is 0 Å². The summed E-state index contributed by atoms with van der Waals surface area (Å²) in [7, 11) is 1.99. The first kappa shape index (κ1) is 10.9. The van der Waals surface area contributed by atoms with Crippen LogP contribution in [0.4, 0.5) is 4.39 Å². The minimum absolute atomic E-state index is 0.285. The number of nitrogens with zero attached hydrogens (tertiary/aromatic N) is 1. The normalized spacial score (nSPS) is 30.2. The standard InChI is InChI=1S/C10H20FNO/c1-8(2)13-5-4-10-6-9(11)7-12(10)3/h8-10H,4-7H2,1-3H3/t9?,10-/m1/s1. The van der Waals surface area contributed by atoms with Crippen molar-refractivity contribution < 1.29 is 9.13 Å². The molecule has 0 saturated carbocycles. The number of hydrogen-bond donors (Lipinski definition) is 0. The summed E-state index contributed by atoms with van der Waals surface area (Å²) in [4.78, 5) is 2.09. The van der Waals surface area contributed by atoms with E-state index in [1.807, 2.05) is 20.9 Å². The van der Waals surface area contributed by atoms with Crippen molar-refractivity contribution in [3.63, 3.8) is 0 Å². The molecule has 0 amide bonds. The van der Waals surface area contributed by atoms with Crippen LogP contribution < -0.4 is 0 Å². The Bertz CT molecular complexity index is 152. The molecular formula is C10H20FNO. The van der Waals surface area contributed by atoms with E-state index < -0.39 is 6.17 Å². The zero-order valence-corrected chi connectivity index (χ0v) is 8.79. The summed E-state index contributed by atoms with van der Waals surface area (Å²) in [5, 5.41) is 0. The third kappa shape index (κ3) is 3.61. The minimum Gasteiger partial charge on any atom is -0.379 e. The molecule has 0 aromatic rings. The van der Waals surface area contributed by atoms with Crippen molar-refractivity contribution in [2.24, 2.45) is 0 Å². The Morgan fingerprint density at radius 3 is 2.69 bits per heavy atom. The van der Waals surface area contributed by atoms with Gasteiger partial charge in [-0.2, -0.15) is 0 Å². The van der Waals surface area contributed by atoms with Crippen LogP contribution in [0.15, 0.2) is 0 Å². The molecule has 13 heavy (non-hydrogen) atoms. The largest absolute Gasteiger partial charge is 0.379 e. The topological polar surface area (TPSA) is 12.5 Å². The van der Waals surface area contributed by atoms with Crippen LogP contribution in [0.3, 0.4) is 0 Å². The smallest absolute Gasteiger partial charge is 0.114 e. The maximum Gasteiger partial charge on any atom is 0.114 e. The maximum atomic E-state index is 12.9. The van der Waals surface area contributed by atoms with Gasteiger partial charge >= 0.3 is 0 Å². The predicted octanol–water partition coefficient (Wildman–Crippen LogP) is 1.84. The van der Waals surface area contributed by atoms with E-state index >= 15 is 0 Å². The molecule has 1 rings (SSSR count). The van der Waals surface area contributed by atoms with Gasteiger partial charge in [0.05, 0.1) is 6.10 Å². The van der Waals surface area contributed by atoms with Gasteiger partial charge in [0, 0.05) is 19.2 Å². The lowest BCUT2D eigenvalue weighted by atomic mass is 10.1. The molecule has 0 spiro atoms. The predicted molar refractivity (Wildman–Crippen MR) is 51.6 cm³/mol. The summed E-state index contributed by atoms with van der Waals surface area (Å²) in [6.45, 7) is 5.39. The van der Waals surface area contributed by atoms with Crippen molar-refractivity contribution >= 4 is 0 Å². The van der Waals surface area contributed by atoms with Crippen molar-refractivity contribution in [3.8, 4) is 0 Å². The first-order chi connectivity index (χ1) is 6.09. The summed E-state index contributed by atoms with van der Waals surface area (Å²) in [5.74, 6) is 0. The first-order valence-corrected chi connectivity index (χ1v) is 5.05. The second kappa shape index (κ2) is 4.91. The van der Waals surface area contributed by atoms with Gasteiger partial charge in [-0.05, 0) is 33.7 Å². The van der Waals surface area contributed by atoms with Crippen LogP contribution in [0.1, 0.15) is 26.7 Å². The van der Waals surface area contributed by atoms with Crippen molar-refractivity contribution in [2.45, 2.75) is 45.0 Å². The molecular weight excluding hydrogens is 169 g/mol. The molecule has 2 atom stereocenters. The lowest BCUT2D eigenvalue weighted by molar-refractivity contribution is 0.0651. The maximum absolute atomic E-state index is 12.9. The van der Waals surface area contributed by atoms with Gasteiger partial charge in [0.15, 0.2) is 0 Å². The van der Waals surface area contributed by atoms with Crippen LogP contribution >= 0.6 is 0 Å². The average Bonchev–Trinajstić information content (AvgIpc) is 2.29. The van der Waals surface area contributed by atoms with Crippen LogP contribution in [0.5, 0.6) is 0 Å². The molecule has 1 unspecified atom stereocenters. The zero-order chi connectivity index (χ0) is 9.84. The molecule has 0 bridgehead atoms. The molecule has 3 heteroatoms. The lowest BCUT2D eigenvalue weighted by Crippen LogP contribution is -2.26. The number of alkyl halides is 1. The van der Waals surface area contributed by atoms with E-state index in [9.17, 15) is 4.39 Å². The van der Waals surface area contributed by atoms with Crippen molar-refractivity contribution in [1.29, 1.82) is 0 Å². The van der Waals surface area contributed by atoms with Crippen LogP contribution in [0.2, 0.25) is 0 Å². The van der Waals surface area contributed by atoms with E-state index in [0.717, 1.165) is 13.0 Å². The minimum atomic E-state index is -0.631.